The molecule has 1 N–H and O–H groups in total. The summed E-state index contributed by atoms with van der Waals surface area (Å²) in [7, 11) is 1.59. The van der Waals surface area contributed by atoms with Gasteiger partial charge in [-0.05, 0) is 36.4 Å². The van der Waals surface area contributed by atoms with Gasteiger partial charge in [0.05, 0.1) is 5.70 Å². The molecule has 2 aromatic carbocycles. The van der Waals surface area contributed by atoms with Gasteiger partial charge in [0, 0.05) is 29.5 Å². The normalized spacial score (nSPS) is 22.9. The minimum Gasteiger partial charge on any atom is -0.303 e. The van der Waals surface area contributed by atoms with Crippen LogP contribution in [-0.4, -0.2) is 47.0 Å². The van der Waals surface area contributed by atoms with Gasteiger partial charge in [0.15, 0.2) is 12.2 Å². The van der Waals surface area contributed by atoms with E-state index < -0.39 is 24.1 Å². The highest BCUT2D eigenvalue weighted by Crippen LogP contribution is 2.39. The quantitative estimate of drug-likeness (QED) is 0.825. The molecule has 0 bridgehead atoms. The second-order valence-electron chi connectivity index (χ2n) is 6.93. The number of benzene rings is 2. The number of guanidine groups is 1. The minimum absolute atomic E-state index is 0.353. The Morgan fingerprint density at radius 1 is 1.07 bits per heavy atom. The number of amides is 3. The van der Waals surface area contributed by atoms with Crippen molar-refractivity contribution in [3.63, 3.8) is 0 Å². The monoisotopic (exact) mass is 411 g/mol. The van der Waals surface area contributed by atoms with E-state index in [9.17, 15) is 14.0 Å². The molecule has 1 saturated heterocycles. The number of urea groups is 1. The lowest BCUT2D eigenvalue weighted by Crippen LogP contribution is -2.62. The number of fused-ring (bicyclic) bond motifs is 3. The molecular formula is C20H15ClFN5O2. The van der Waals surface area contributed by atoms with E-state index in [1.807, 2.05) is 23.2 Å². The zero-order valence-corrected chi connectivity index (χ0v) is 16.0. The number of carbonyl (C=O) groups is 2. The highest BCUT2D eigenvalue weighted by atomic mass is 35.5. The van der Waals surface area contributed by atoms with Gasteiger partial charge in [-0.15, -0.1) is 0 Å². The molecule has 7 nitrogen and oxygen atoms in total. The smallest absolute Gasteiger partial charge is 0.303 e. The predicted octanol–water partition coefficient (Wildman–Crippen LogP) is 2.85. The summed E-state index contributed by atoms with van der Waals surface area (Å²) in [4.78, 5) is 34.2. The van der Waals surface area contributed by atoms with Crippen LogP contribution in [0.4, 0.5) is 14.9 Å². The second-order valence-corrected chi connectivity index (χ2v) is 7.37. The van der Waals surface area contributed by atoms with E-state index in [4.69, 9.17) is 11.6 Å². The number of likely N-dealkylation sites (N-methyl/N-ethyl adjacent to an activating group) is 1. The van der Waals surface area contributed by atoms with E-state index in [-0.39, 0.29) is 5.82 Å². The van der Waals surface area contributed by atoms with Gasteiger partial charge in [-0.25, -0.2) is 14.2 Å². The van der Waals surface area contributed by atoms with Gasteiger partial charge in [0.25, 0.3) is 5.91 Å². The third-order valence-corrected chi connectivity index (χ3v) is 5.46. The van der Waals surface area contributed by atoms with Gasteiger partial charge in [0.2, 0.25) is 5.96 Å². The highest BCUT2D eigenvalue weighted by molar-refractivity contribution is 6.30. The average Bonchev–Trinajstić information content (AvgIpc) is 3.24. The molecule has 3 heterocycles. The standard InChI is InChI=1S/C20H15ClFN5O2/c1-25-17-16(18(28)24-20(25)29)26-10-15(11-2-4-12(21)5-3-11)27(19(26)23-17)14-8-6-13(22)7-9-14/h2-10,16-17H,1H3,(H,24,28,29). The summed E-state index contributed by atoms with van der Waals surface area (Å²) in [5.74, 6) is -0.272. The lowest BCUT2D eigenvalue weighted by molar-refractivity contribution is -0.126. The van der Waals surface area contributed by atoms with Crippen molar-refractivity contribution < 1.29 is 14.0 Å². The number of nitrogens with zero attached hydrogens (tertiary/aromatic N) is 4. The number of imide groups is 1. The van der Waals surface area contributed by atoms with Gasteiger partial charge >= 0.3 is 6.03 Å². The minimum atomic E-state index is -0.680. The van der Waals surface area contributed by atoms with E-state index in [2.05, 4.69) is 10.3 Å². The number of anilines is 1. The molecule has 3 aliphatic rings. The fourth-order valence-electron chi connectivity index (χ4n) is 3.75. The number of aliphatic imine (C=N–C) groups is 1. The Bertz CT molecular complexity index is 1080. The number of hydrogen-bond acceptors (Lipinski definition) is 5. The molecule has 0 spiro atoms. The topological polar surface area (TPSA) is 68.2 Å². The van der Waals surface area contributed by atoms with Crippen LogP contribution in [0.1, 0.15) is 5.56 Å². The van der Waals surface area contributed by atoms with E-state index in [1.165, 1.54) is 17.0 Å². The van der Waals surface area contributed by atoms with E-state index in [1.54, 1.807) is 36.2 Å². The molecule has 0 saturated carbocycles. The molecule has 146 valence electrons. The Morgan fingerprint density at radius 2 is 1.76 bits per heavy atom. The first-order valence-corrected chi connectivity index (χ1v) is 9.29. The Hall–Kier alpha value is -3.39. The SMILES string of the molecule is CN1C(=O)NC(=O)C2C1N=C1N(c3ccc(F)cc3)C(c3ccc(Cl)cc3)=CN12. The molecule has 5 rings (SSSR count). The van der Waals surface area contributed by atoms with Crippen LogP contribution >= 0.6 is 11.6 Å². The number of nitrogens with one attached hydrogen (secondary N) is 1. The summed E-state index contributed by atoms with van der Waals surface area (Å²) in [5.41, 5.74) is 2.30. The molecule has 0 radical (unpaired) electrons. The first-order chi connectivity index (χ1) is 13.9. The summed E-state index contributed by atoms with van der Waals surface area (Å²) in [5, 5.41) is 2.96. The van der Waals surface area contributed by atoms with Crippen molar-refractivity contribution in [3.8, 4) is 0 Å². The van der Waals surface area contributed by atoms with Crippen LogP contribution < -0.4 is 10.2 Å². The third kappa shape index (κ3) is 2.67. The number of carbonyl (C=O) groups excluding carboxylic acids is 2. The van der Waals surface area contributed by atoms with Crippen LogP contribution in [0.3, 0.4) is 0 Å². The van der Waals surface area contributed by atoms with E-state index in [0.717, 1.165) is 11.3 Å². The average molecular weight is 412 g/mol. The van der Waals surface area contributed by atoms with Crippen molar-refractivity contribution in [2.75, 3.05) is 11.9 Å². The van der Waals surface area contributed by atoms with Gasteiger partial charge in [0.1, 0.15) is 5.82 Å². The second kappa shape index (κ2) is 6.31. The highest BCUT2D eigenvalue weighted by Gasteiger charge is 2.52. The van der Waals surface area contributed by atoms with Crippen molar-refractivity contribution in [1.82, 2.24) is 15.1 Å². The fraction of sp³-hybridized carbons (Fsp3) is 0.150. The van der Waals surface area contributed by atoms with Crippen LogP contribution in [0.5, 0.6) is 0 Å². The zero-order valence-electron chi connectivity index (χ0n) is 15.2. The predicted molar refractivity (Wildman–Crippen MR) is 106 cm³/mol. The molecule has 9 heteroatoms. The first-order valence-electron chi connectivity index (χ1n) is 8.91. The van der Waals surface area contributed by atoms with Gasteiger partial charge in [-0.3, -0.25) is 19.9 Å². The van der Waals surface area contributed by atoms with Crippen molar-refractivity contribution in [3.05, 3.63) is 71.1 Å². The fourth-order valence-corrected chi connectivity index (χ4v) is 3.87. The Balaban J connectivity index is 1.64. The van der Waals surface area contributed by atoms with Crippen molar-refractivity contribution in [2.45, 2.75) is 12.2 Å². The number of hydrogen-bond donors (Lipinski definition) is 1. The number of halogens is 2. The molecule has 3 aliphatic heterocycles. The Kier molecular flexibility index (Phi) is 3.85. The van der Waals surface area contributed by atoms with Gasteiger partial charge in [-0.1, -0.05) is 23.7 Å². The lowest BCUT2D eigenvalue weighted by atomic mass is 10.1. The molecule has 2 aromatic rings. The largest absolute Gasteiger partial charge is 0.325 e. The van der Waals surface area contributed by atoms with Crippen molar-refractivity contribution in [1.29, 1.82) is 0 Å². The van der Waals surface area contributed by atoms with Crippen LogP contribution in [-0.2, 0) is 4.79 Å². The lowest BCUT2D eigenvalue weighted by Gasteiger charge is -2.34. The molecule has 0 aromatic heterocycles. The zero-order chi connectivity index (χ0) is 20.3. The Morgan fingerprint density at radius 3 is 2.45 bits per heavy atom. The van der Waals surface area contributed by atoms with E-state index >= 15 is 0 Å². The van der Waals surface area contributed by atoms with E-state index in [0.29, 0.717) is 16.7 Å². The summed E-state index contributed by atoms with van der Waals surface area (Å²) >= 11 is 6.03. The van der Waals surface area contributed by atoms with Crippen LogP contribution in [0.2, 0.25) is 5.02 Å². The summed E-state index contributed by atoms with van der Waals surface area (Å²) in [6.45, 7) is 0. The molecule has 1 fully saturated rings. The molecule has 29 heavy (non-hydrogen) atoms. The van der Waals surface area contributed by atoms with Crippen LogP contribution in [0, 0.1) is 5.82 Å². The van der Waals surface area contributed by atoms with Crippen LogP contribution in [0.15, 0.2) is 59.7 Å². The van der Waals surface area contributed by atoms with Crippen molar-refractivity contribution >= 4 is 40.9 Å². The maximum absolute atomic E-state index is 13.5. The van der Waals surface area contributed by atoms with Crippen molar-refractivity contribution in [2.24, 2.45) is 4.99 Å². The van der Waals surface area contributed by atoms with Crippen LogP contribution in [0.25, 0.3) is 5.70 Å². The van der Waals surface area contributed by atoms with Gasteiger partial charge in [-0.2, -0.15) is 0 Å². The van der Waals surface area contributed by atoms with Gasteiger partial charge < -0.3 is 4.90 Å². The summed E-state index contributed by atoms with van der Waals surface area (Å²) in [6, 6.07) is 12.1. The molecule has 0 aliphatic carbocycles. The molecule has 2 unspecified atom stereocenters. The molecule has 3 amide bonds. The maximum Gasteiger partial charge on any atom is 0.325 e. The molecular weight excluding hydrogens is 397 g/mol. The first kappa shape index (κ1) is 17.7. The molecule has 2 atom stereocenters. The Labute approximate surface area is 170 Å². The number of rotatable bonds is 2. The maximum atomic E-state index is 13.5. The summed E-state index contributed by atoms with van der Waals surface area (Å²) in [6.07, 6.45) is 1.18. The third-order valence-electron chi connectivity index (χ3n) is 5.20. The summed E-state index contributed by atoms with van der Waals surface area (Å²) < 4.78 is 13.5.